The molecule has 0 aromatic heterocycles. The van der Waals surface area contributed by atoms with Crippen LogP contribution in [0.2, 0.25) is 0 Å². The van der Waals surface area contributed by atoms with Gasteiger partial charge in [0.1, 0.15) is 4.90 Å². The van der Waals surface area contributed by atoms with E-state index in [0.29, 0.717) is 19.4 Å². The van der Waals surface area contributed by atoms with Crippen LogP contribution in [0, 0.1) is 13.8 Å². The highest BCUT2D eigenvalue weighted by Crippen LogP contribution is 2.27. The van der Waals surface area contributed by atoms with Crippen molar-refractivity contribution in [2.45, 2.75) is 57.1 Å². The van der Waals surface area contributed by atoms with E-state index in [1.807, 2.05) is 27.7 Å². The van der Waals surface area contributed by atoms with Gasteiger partial charge in [0, 0.05) is 12.6 Å². The second-order valence-corrected chi connectivity index (χ2v) is 8.08. The van der Waals surface area contributed by atoms with Gasteiger partial charge in [-0.3, -0.25) is 0 Å². The molecule has 1 aliphatic heterocycles. The minimum absolute atomic E-state index is 0.125. The summed E-state index contributed by atoms with van der Waals surface area (Å²) in [6.07, 6.45) is 1.32. The highest BCUT2D eigenvalue weighted by Gasteiger charge is 2.32. The van der Waals surface area contributed by atoms with Gasteiger partial charge >= 0.3 is 0 Å². The van der Waals surface area contributed by atoms with Crippen molar-refractivity contribution in [3.05, 3.63) is 23.3 Å². The Bertz CT molecular complexity index is 639. The lowest BCUT2D eigenvalue weighted by molar-refractivity contribution is -0.0599. The van der Waals surface area contributed by atoms with Gasteiger partial charge in [-0.2, -0.15) is 0 Å². The zero-order chi connectivity index (χ0) is 15.8. The van der Waals surface area contributed by atoms with Crippen LogP contribution in [0.4, 0.5) is 5.69 Å². The minimum atomic E-state index is -3.61. The maximum absolute atomic E-state index is 12.6. The Morgan fingerprint density at radius 1 is 1.29 bits per heavy atom. The van der Waals surface area contributed by atoms with Crippen LogP contribution >= 0.6 is 0 Å². The Morgan fingerprint density at radius 3 is 2.52 bits per heavy atom. The van der Waals surface area contributed by atoms with Crippen LogP contribution in [0.3, 0.4) is 0 Å². The van der Waals surface area contributed by atoms with Crippen LogP contribution in [-0.2, 0) is 14.8 Å². The Hall–Kier alpha value is -1.11. The van der Waals surface area contributed by atoms with Crippen LogP contribution < -0.4 is 10.5 Å². The fourth-order valence-corrected chi connectivity index (χ4v) is 4.13. The molecule has 1 aromatic carbocycles. The smallest absolute Gasteiger partial charge is 0.242 e. The fourth-order valence-electron chi connectivity index (χ4n) is 2.66. The number of rotatable bonds is 3. The first-order valence-corrected chi connectivity index (χ1v) is 8.62. The van der Waals surface area contributed by atoms with Gasteiger partial charge in [0.25, 0.3) is 0 Å². The number of aryl methyl sites for hydroxylation is 2. The predicted octanol–water partition coefficient (Wildman–Crippen LogP) is 2.12. The third-order valence-corrected chi connectivity index (χ3v) is 5.51. The van der Waals surface area contributed by atoms with Crippen LogP contribution in [0.15, 0.2) is 17.0 Å². The molecule has 1 aromatic rings. The summed E-state index contributed by atoms with van der Waals surface area (Å²) in [6.45, 7) is 8.29. The topological polar surface area (TPSA) is 81.4 Å². The van der Waals surface area contributed by atoms with Crippen molar-refractivity contribution in [2.75, 3.05) is 12.3 Å². The van der Waals surface area contributed by atoms with E-state index in [1.165, 1.54) is 0 Å². The molecule has 0 amide bonds. The summed E-state index contributed by atoms with van der Waals surface area (Å²) in [5.41, 5.74) is 7.77. The first-order valence-electron chi connectivity index (χ1n) is 7.14. The van der Waals surface area contributed by atoms with Crippen molar-refractivity contribution in [1.29, 1.82) is 0 Å². The Balaban J connectivity index is 2.25. The van der Waals surface area contributed by atoms with Crippen molar-refractivity contribution < 1.29 is 13.2 Å². The molecule has 0 radical (unpaired) electrons. The number of hydrogen-bond donors (Lipinski definition) is 2. The Morgan fingerprint density at radius 2 is 1.90 bits per heavy atom. The lowest BCUT2D eigenvalue weighted by Gasteiger charge is -2.35. The van der Waals surface area contributed by atoms with Crippen molar-refractivity contribution in [1.82, 2.24) is 4.72 Å². The second kappa shape index (κ2) is 5.59. The molecule has 2 rings (SSSR count). The van der Waals surface area contributed by atoms with Gasteiger partial charge in [-0.15, -0.1) is 0 Å². The van der Waals surface area contributed by atoms with Crippen molar-refractivity contribution >= 4 is 15.7 Å². The third-order valence-electron chi connectivity index (χ3n) is 3.93. The predicted molar refractivity (Wildman–Crippen MR) is 83.7 cm³/mol. The molecule has 1 unspecified atom stereocenters. The van der Waals surface area contributed by atoms with Crippen molar-refractivity contribution in [3.8, 4) is 0 Å². The lowest BCUT2D eigenvalue weighted by Crippen LogP contribution is -2.45. The van der Waals surface area contributed by atoms with E-state index in [9.17, 15) is 8.42 Å². The van der Waals surface area contributed by atoms with Gasteiger partial charge in [-0.1, -0.05) is 0 Å². The zero-order valence-electron chi connectivity index (χ0n) is 13.1. The quantitative estimate of drug-likeness (QED) is 0.838. The molecule has 0 saturated carbocycles. The van der Waals surface area contributed by atoms with E-state index in [0.717, 1.165) is 11.1 Å². The number of sulfonamides is 1. The summed E-state index contributed by atoms with van der Waals surface area (Å²) in [5.74, 6) is 0. The number of nitrogens with two attached hydrogens (primary N) is 1. The van der Waals surface area contributed by atoms with Crippen molar-refractivity contribution in [2.24, 2.45) is 0 Å². The highest BCUT2D eigenvalue weighted by molar-refractivity contribution is 7.89. The number of ether oxygens (including phenoxy) is 1. The van der Waals surface area contributed by atoms with Gasteiger partial charge in [0.05, 0.1) is 11.3 Å². The molecular weight excluding hydrogens is 288 g/mol. The van der Waals surface area contributed by atoms with E-state index >= 15 is 0 Å². The molecule has 1 aliphatic rings. The summed E-state index contributed by atoms with van der Waals surface area (Å²) >= 11 is 0. The molecule has 21 heavy (non-hydrogen) atoms. The number of anilines is 1. The minimum Gasteiger partial charge on any atom is -0.398 e. The van der Waals surface area contributed by atoms with Crippen LogP contribution in [0.25, 0.3) is 0 Å². The van der Waals surface area contributed by atoms with E-state index in [1.54, 1.807) is 12.1 Å². The monoisotopic (exact) mass is 312 g/mol. The second-order valence-electron chi connectivity index (χ2n) is 6.39. The molecular formula is C15H24N2O3S. The molecule has 5 nitrogen and oxygen atoms in total. The summed E-state index contributed by atoms with van der Waals surface area (Å²) in [4.78, 5) is 0.162. The van der Waals surface area contributed by atoms with Crippen LogP contribution in [0.1, 0.15) is 37.8 Å². The van der Waals surface area contributed by atoms with Gasteiger partial charge < -0.3 is 10.5 Å². The molecule has 1 atom stereocenters. The maximum atomic E-state index is 12.6. The molecule has 1 fully saturated rings. The molecule has 6 heteroatoms. The molecule has 0 aliphatic carbocycles. The third kappa shape index (κ3) is 3.75. The largest absolute Gasteiger partial charge is 0.398 e. The average molecular weight is 312 g/mol. The van der Waals surface area contributed by atoms with Crippen LogP contribution in [0.5, 0.6) is 0 Å². The number of benzene rings is 1. The average Bonchev–Trinajstić information content (AvgIpc) is 2.31. The fraction of sp³-hybridized carbons (Fsp3) is 0.600. The lowest BCUT2D eigenvalue weighted by atomic mass is 9.95. The van der Waals surface area contributed by atoms with Crippen molar-refractivity contribution in [3.63, 3.8) is 0 Å². The first kappa shape index (κ1) is 16.3. The normalized spacial score (nSPS) is 22.2. The molecule has 1 heterocycles. The van der Waals surface area contributed by atoms with Gasteiger partial charge in [-0.25, -0.2) is 13.1 Å². The molecule has 3 N–H and O–H groups in total. The van der Waals surface area contributed by atoms with Gasteiger partial charge in [0.15, 0.2) is 0 Å². The summed E-state index contributed by atoms with van der Waals surface area (Å²) in [6, 6.07) is 3.22. The summed E-state index contributed by atoms with van der Waals surface area (Å²) in [5, 5.41) is 0. The van der Waals surface area contributed by atoms with Gasteiger partial charge in [-0.05, 0) is 63.8 Å². The SMILES string of the molecule is Cc1cc(N)c(S(=O)(=O)NC2CCOC(C)(C)C2)cc1C. The summed E-state index contributed by atoms with van der Waals surface area (Å²) < 4.78 is 33.5. The number of hydrogen-bond acceptors (Lipinski definition) is 4. The molecule has 0 spiro atoms. The summed E-state index contributed by atoms with van der Waals surface area (Å²) in [7, 11) is -3.61. The Labute approximate surface area is 126 Å². The van der Waals surface area contributed by atoms with E-state index in [2.05, 4.69) is 4.72 Å². The van der Waals surface area contributed by atoms with Crippen LogP contribution in [-0.4, -0.2) is 26.7 Å². The molecule has 0 bridgehead atoms. The Kier molecular flexibility index (Phi) is 4.33. The molecule has 118 valence electrons. The highest BCUT2D eigenvalue weighted by atomic mass is 32.2. The standard InChI is InChI=1S/C15H24N2O3S/c1-10-7-13(16)14(8-11(10)2)21(18,19)17-12-5-6-20-15(3,4)9-12/h7-8,12,17H,5-6,9,16H2,1-4H3. The first-order chi connectivity index (χ1) is 9.61. The zero-order valence-corrected chi connectivity index (χ0v) is 13.9. The van der Waals surface area contributed by atoms with E-state index in [-0.39, 0.29) is 22.2 Å². The maximum Gasteiger partial charge on any atom is 0.242 e. The van der Waals surface area contributed by atoms with E-state index < -0.39 is 10.0 Å². The number of nitrogen functional groups attached to an aromatic ring is 1. The number of nitrogens with one attached hydrogen (secondary N) is 1. The van der Waals surface area contributed by atoms with Gasteiger partial charge in [0.2, 0.25) is 10.0 Å². The molecule has 1 saturated heterocycles. The van der Waals surface area contributed by atoms with E-state index in [4.69, 9.17) is 10.5 Å².